The first kappa shape index (κ1) is 4.63. The van der Waals surface area contributed by atoms with Gasteiger partial charge in [-0.05, 0) is 19.8 Å². The Morgan fingerprint density at radius 1 is 1.71 bits per heavy atom. The fourth-order valence-electron chi connectivity index (χ4n) is 0.857. The van der Waals surface area contributed by atoms with Crippen LogP contribution in [0.4, 0.5) is 0 Å². The highest BCUT2D eigenvalue weighted by molar-refractivity contribution is 5.21. The Morgan fingerprint density at radius 2 is 2.43 bits per heavy atom. The SMILES string of the molecule is C=C1CC=C(C)C1. The van der Waals surface area contributed by atoms with Crippen molar-refractivity contribution in [1.82, 2.24) is 0 Å². The van der Waals surface area contributed by atoms with Crippen LogP contribution in [0.15, 0.2) is 23.8 Å². The van der Waals surface area contributed by atoms with Crippen LogP contribution < -0.4 is 0 Å². The second-order valence-electron chi connectivity index (χ2n) is 2.18. The minimum Gasteiger partial charge on any atom is -0.0992 e. The molecule has 1 aliphatic rings. The van der Waals surface area contributed by atoms with E-state index < -0.39 is 0 Å². The van der Waals surface area contributed by atoms with E-state index in [1.165, 1.54) is 11.1 Å². The standard InChI is InChI=1S/C7H10/c1-6-3-4-7(2)5-6/h4H,1,3,5H2,2H3. The molecule has 0 heterocycles. The highest BCUT2D eigenvalue weighted by Crippen LogP contribution is 2.20. The van der Waals surface area contributed by atoms with E-state index in [0.717, 1.165) is 12.8 Å². The van der Waals surface area contributed by atoms with Gasteiger partial charge in [-0.15, -0.1) is 0 Å². The highest BCUT2D eigenvalue weighted by atomic mass is 14.1. The zero-order valence-electron chi connectivity index (χ0n) is 4.70. The van der Waals surface area contributed by atoms with Gasteiger partial charge in [0.05, 0.1) is 0 Å². The average molecular weight is 94.2 g/mol. The van der Waals surface area contributed by atoms with Gasteiger partial charge in [-0.3, -0.25) is 0 Å². The summed E-state index contributed by atoms with van der Waals surface area (Å²) in [6.45, 7) is 6.00. The second-order valence-corrected chi connectivity index (χ2v) is 2.18. The van der Waals surface area contributed by atoms with Gasteiger partial charge in [0, 0.05) is 0 Å². The summed E-state index contributed by atoms with van der Waals surface area (Å²) in [5, 5.41) is 0. The smallest absolute Gasteiger partial charge is 0.0111 e. The largest absolute Gasteiger partial charge is 0.0992 e. The summed E-state index contributed by atoms with van der Waals surface area (Å²) in [7, 11) is 0. The summed E-state index contributed by atoms with van der Waals surface area (Å²) in [6.07, 6.45) is 4.49. The maximum atomic E-state index is 3.85. The van der Waals surface area contributed by atoms with Crippen molar-refractivity contribution in [2.75, 3.05) is 0 Å². The van der Waals surface area contributed by atoms with Crippen molar-refractivity contribution in [3.63, 3.8) is 0 Å². The van der Waals surface area contributed by atoms with E-state index in [1.807, 2.05) is 0 Å². The van der Waals surface area contributed by atoms with Gasteiger partial charge in [-0.25, -0.2) is 0 Å². The van der Waals surface area contributed by atoms with Gasteiger partial charge >= 0.3 is 0 Å². The second kappa shape index (κ2) is 1.53. The maximum absolute atomic E-state index is 3.85. The van der Waals surface area contributed by atoms with Gasteiger partial charge < -0.3 is 0 Å². The maximum Gasteiger partial charge on any atom is -0.0111 e. The molecule has 1 aliphatic carbocycles. The molecule has 0 bridgehead atoms. The van der Waals surface area contributed by atoms with Crippen LogP contribution in [0.3, 0.4) is 0 Å². The number of hydrogen-bond donors (Lipinski definition) is 0. The molecule has 7 heavy (non-hydrogen) atoms. The number of rotatable bonds is 0. The van der Waals surface area contributed by atoms with E-state index in [2.05, 4.69) is 19.6 Å². The Bertz CT molecular complexity index is 118. The Kier molecular flexibility index (Phi) is 1.01. The van der Waals surface area contributed by atoms with Crippen LogP contribution >= 0.6 is 0 Å². The predicted octanol–water partition coefficient (Wildman–Crippen LogP) is 2.28. The van der Waals surface area contributed by atoms with Crippen LogP contribution in [-0.2, 0) is 0 Å². The molecule has 0 aromatic rings. The molecular weight excluding hydrogens is 84.1 g/mol. The van der Waals surface area contributed by atoms with Crippen LogP contribution in [0.1, 0.15) is 19.8 Å². The molecule has 0 heteroatoms. The molecule has 0 saturated carbocycles. The fraction of sp³-hybridized carbons (Fsp3) is 0.429. The highest BCUT2D eigenvalue weighted by Gasteiger charge is 2.00. The number of hydrogen-bond acceptors (Lipinski definition) is 0. The quantitative estimate of drug-likeness (QED) is 0.404. The van der Waals surface area contributed by atoms with Gasteiger partial charge in [0.1, 0.15) is 0 Å². The van der Waals surface area contributed by atoms with Crippen molar-refractivity contribution < 1.29 is 0 Å². The first-order valence-corrected chi connectivity index (χ1v) is 2.61. The van der Waals surface area contributed by atoms with Crippen LogP contribution in [0.5, 0.6) is 0 Å². The van der Waals surface area contributed by atoms with E-state index in [9.17, 15) is 0 Å². The minimum atomic E-state index is 1.12. The van der Waals surface area contributed by atoms with Crippen LogP contribution in [0.25, 0.3) is 0 Å². The molecule has 0 saturated heterocycles. The Balaban J connectivity index is 2.58. The lowest BCUT2D eigenvalue weighted by molar-refractivity contribution is 1.16. The van der Waals surface area contributed by atoms with Crippen molar-refractivity contribution in [1.29, 1.82) is 0 Å². The molecular formula is C7H10. The summed E-state index contributed by atoms with van der Waals surface area (Å²) >= 11 is 0. The normalized spacial score (nSPS) is 20.1. The summed E-state index contributed by atoms with van der Waals surface area (Å²) in [6, 6.07) is 0. The lowest BCUT2D eigenvalue weighted by Gasteiger charge is -1.86. The molecule has 0 aliphatic heterocycles. The monoisotopic (exact) mass is 94.1 g/mol. The molecule has 0 nitrogen and oxygen atoms in total. The average Bonchev–Trinajstić information content (AvgIpc) is 1.87. The lowest BCUT2D eigenvalue weighted by Crippen LogP contribution is -1.66. The molecule has 0 amide bonds. The summed E-state index contributed by atoms with van der Waals surface area (Å²) in [5.74, 6) is 0. The topological polar surface area (TPSA) is 0 Å². The van der Waals surface area contributed by atoms with Gasteiger partial charge in [-0.2, -0.15) is 0 Å². The van der Waals surface area contributed by atoms with Crippen LogP contribution in [-0.4, -0.2) is 0 Å². The van der Waals surface area contributed by atoms with Gasteiger partial charge in [0.15, 0.2) is 0 Å². The van der Waals surface area contributed by atoms with Crippen molar-refractivity contribution in [3.8, 4) is 0 Å². The summed E-state index contributed by atoms with van der Waals surface area (Å²) < 4.78 is 0. The van der Waals surface area contributed by atoms with Crippen molar-refractivity contribution in [3.05, 3.63) is 23.8 Å². The third-order valence-electron chi connectivity index (χ3n) is 1.27. The fourth-order valence-corrected chi connectivity index (χ4v) is 0.857. The Morgan fingerprint density at radius 3 is 2.57 bits per heavy atom. The molecule has 0 spiro atoms. The van der Waals surface area contributed by atoms with Crippen molar-refractivity contribution in [2.45, 2.75) is 19.8 Å². The van der Waals surface area contributed by atoms with E-state index in [-0.39, 0.29) is 0 Å². The van der Waals surface area contributed by atoms with E-state index in [0.29, 0.717) is 0 Å². The molecule has 0 unspecified atom stereocenters. The van der Waals surface area contributed by atoms with Crippen molar-refractivity contribution in [2.24, 2.45) is 0 Å². The van der Waals surface area contributed by atoms with E-state index >= 15 is 0 Å². The minimum absolute atomic E-state index is 1.12. The third kappa shape index (κ3) is 0.923. The lowest BCUT2D eigenvalue weighted by atomic mass is 10.2. The zero-order valence-corrected chi connectivity index (χ0v) is 4.70. The van der Waals surface area contributed by atoms with Gasteiger partial charge in [0.25, 0.3) is 0 Å². The van der Waals surface area contributed by atoms with Gasteiger partial charge in [-0.1, -0.05) is 23.8 Å². The molecule has 0 radical (unpaired) electrons. The summed E-state index contributed by atoms with van der Waals surface area (Å²) in [5.41, 5.74) is 2.84. The third-order valence-corrected chi connectivity index (χ3v) is 1.27. The zero-order chi connectivity index (χ0) is 5.28. The van der Waals surface area contributed by atoms with Crippen LogP contribution in [0.2, 0.25) is 0 Å². The molecule has 0 atom stereocenters. The van der Waals surface area contributed by atoms with E-state index in [1.54, 1.807) is 0 Å². The van der Waals surface area contributed by atoms with Gasteiger partial charge in [0.2, 0.25) is 0 Å². The van der Waals surface area contributed by atoms with Crippen molar-refractivity contribution >= 4 is 0 Å². The molecule has 0 N–H and O–H groups in total. The Hall–Kier alpha value is -0.520. The molecule has 38 valence electrons. The number of allylic oxidation sites excluding steroid dienone is 3. The molecule has 1 rings (SSSR count). The molecule has 0 aromatic heterocycles. The molecule has 0 aromatic carbocycles. The molecule has 0 fully saturated rings. The summed E-state index contributed by atoms with van der Waals surface area (Å²) in [4.78, 5) is 0. The Labute approximate surface area is 44.5 Å². The first-order valence-electron chi connectivity index (χ1n) is 2.61. The first-order chi connectivity index (χ1) is 3.29. The van der Waals surface area contributed by atoms with E-state index in [4.69, 9.17) is 0 Å². The predicted molar refractivity (Wildman–Crippen MR) is 32.1 cm³/mol. The van der Waals surface area contributed by atoms with Crippen LogP contribution in [0, 0.1) is 0 Å².